The van der Waals surface area contributed by atoms with E-state index in [2.05, 4.69) is 10.6 Å². The maximum Gasteiger partial charge on any atom is 0.318 e. The number of nitrogens with one attached hydrogen (secondary N) is 2. The van der Waals surface area contributed by atoms with Crippen LogP contribution >= 0.6 is 0 Å². The van der Waals surface area contributed by atoms with Crippen LogP contribution in [0.3, 0.4) is 0 Å². The average Bonchev–Trinajstić information content (AvgIpc) is 2.36. The van der Waals surface area contributed by atoms with Gasteiger partial charge in [-0.2, -0.15) is 0 Å². The maximum atomic E-state index is 11.8. The van der Waals surface area contributed by atoms with E-state index in [4.69, 9.17) is 5.73 Å². The first kappa shape index (κ1) is 12.2. The molecule has 18 heavy (non-hydrogen) atoms. The van der Waals surface area contributed by atoms with Crippen LogP contribution in [0.4, 0.5) is 16.2 Å². The molecule has 6 heteroatoms. The molecule has 1 unspecified atom stereocenters. The van der Waals surface area contributed by atoms with E-state index in [1.54, 1.807) is 6.92 Å². The monoisotopic (exact) mass is 248 g/mol. The molecule has 4 N–H and O–H groups in total. The highest BCUT2D eigenvalue weighted by molar-refractivity contribution is 5.98. The number of fused-ring (bicyclic) bond motifs is 1. The minimum absolute atomic E-state index is 0.390. The van der Waals surface area contributed by atoms with Gasteiger partial charge in [-0.3, -0.25) is 10.1 Å². The van der Waals surface area contributed by atoms with Crippen molar-refractivity contribution in [2.24, 2.45) is 5.73 Å². The van der Waals surface area contributed by atoms with Crippen LogP contribution in [0.2, 0.25) is 0 Å². The van der Waals surface area contributed by atoms with Gasteiger partial charge < -0.3 is 16.0 Å². The topological polar surface area (TPSA) is 87.5 Å². The summed E-state index contributed by atoms with van der Waals surface area (Å²) in [6.45, 7) is 3.20. The van der Waals surface area contributed by atoms with Gasteiger partial charge in [0.2, 0.25) is 5.91 Å². The molecule has 2 rings (SSSR count). The number of rotatable bonds is 2. The Morgan fingerprint density at radius 1 is 1.44 bits per heavy atom. The zero-order valence-corrected chi connectivity index (χ0v) is 10.1. The number of hydrogen-bond acceptors (Lipinski definition) is 4. The van der Waals surface area contributed by atoms with Crippen molar-refractivity contribution in [1.29, 1.82) is 0 Å². The first-order chi connectivity index (χ1) is 8.59. The number of nitrogens with two attached hydrogens (primary N) is 1. The Balaban J connectivity index is 2.19. The summed E-state index contributed by atoms with van der Waals surface area (Å²) in [6, 6.07) is 6.48. The van der Waals surface area contributed by atoms with Gasteiger partial charge in [0.1, 0.15) is 6.04 Å². The lowest BCUT2D eigenvalue weighted by molar-refractivity contribution is -0.120. The minimum Gasteiger partial charge on any atom is -0.382 e. The molecule has 0 aliphatic carbocycles. The summed E-state index contributed by atoms with van der Waals surface area (Å²) in [6.07, 6.45) is 0. The third-order valence-electron chi connectivity index (χ3n) is 2.97. The summed E-state index contributed by atoms with van der Waals surface area (Å²) in [5.74, 6) is -0.390. The molecular formula is C12H16N4O2. The standard InChI is InChI=1S/C12H16N4O2/c1-8(11(17)15-12(13)18)16-7-6-14-9-4-2-3-5-10(9)16/h2-5,8,14H,6-7H2,1H3,(H3,13,15,17,18). The van der Waals surface area contributed by atoms with Gasteiger partial charge in [0.25, 0.3) is 0 Å². The summed E-state index contributed by atoms with van der Waals surface area (Å²) in [5.41, 5.74) is 6.90. The summed E-state index contributed by atoms with van der Waals surface area (Å²) < 4.78 is 0. The second kappa shape index (κ2) is 4.95. The Kier molecular flexibility index (Phi) is 3.36. The minimum atomic E-state index is -0.824. The second-order valence-electron chi connectivity index (χ2n) is 4.17. The van der Waals surface area contributed by atoms with Gasteiger partial charge in [0.15, 0.2) is 0 Å². The van der Waals surface area contributed by atoms with Crippen molar-refractivity contribution in [1.82, 2.24) is 5.32 Å². The van der Waals surface area contributed by atoms with E-state index < -0.39 is 12.1 Å². The van der Waals surface area contributed by atoms with E-state index in [1.807, 2.05) is 29.2 Å². The zero-order chi connectivity index (χ0) is 13.1. The number of amides is 3. The third-order valence-corrected chi connectivity index (χ3v) is 2.97. The molecule has 0 saturated carbocycles. The van der Waals surface area contributed by atoms with Crippen LogP contribution in [-0.4, -0.2) is 31.1 Å². The molecular weight excluding hydrogens is 232 g/mol. The lowest BCUT2D eigenvalue weighted by Gasteiger charge is -2.35. The van der Waals surface area contributed by atoms with Crippen LogP contribution < -0.4 is 21.3 Å². The van der Waals surface area contributed by atoms with Gasteiger partial charge in [-0.1, -0.05) is 12.1 Å². The predicted molar refractivity (Wildman–Crippen MR) is 69.5 cm³/mol. The number of anilines is 2. The first-order valence-corrected chi connectivity index (χ1v) is 5.79. The van der Waals surface area contributed by atoms with E-state index in [0.29, 0.717) is 6.54 Å². The van der Waals surface area contributed by atoms with Gasteiger partial charge in [-0.25, -0.2) is 4.79 Å². The van der Waals surface area contributed by atoms with Crippen LogP contribution in [0.1, 0.15) is 6.92 Å². The Morgan fingerprint density at radius 2 is 2.17 bits per heavy atom. The Hall–Kier alpha value is -2.24. The number of nitrogens with zero attached hydrogens (tertiary/aromatic N) is 1. The third kappa shape index (κ3) is 2.37. The summed E-state index contributed by atoms with van der Waals surface area (Å²) in [4.78, 5) is 24.4. The van der Waals surface area contributed by atoms with Crippen molar-refractivity contribution < 1.29 is 9.59 Å². The fourth-order valence-electron chi connectivity index (χ4n) is 2.07. The predicted octanol–water partition coefficient (Wildman–Crippen LogP) is 0.502. The van der Waals surface area contributed by atoms with Crippen molar-refractivity contribution in [2.75, 3.05) is 23.3 Å². The molecule has 0 saturated heterocycles. The highest BCUT2D eigenvalue weighted by atomic mass is 16.2. The molecule has 1 aliphatic heterocycles. The van der Waals surface area contributed by atoms with Crippen molar-refractivity contribution in [2.45, 2.75) is 13.0 Å². The zero-order valence-electron chi connectivity index (χ0n) is 10.1. The van der Waals surface area contributed by atoms with Crippen LogP contribution in [0.15, 0.2) is 24.3 Å². The van der Waals surface area contributed by atoms with Gasteiger partial charge in [0, 0.05) is 13.1 Å². The fourth-order valence-corrected chi connectivity index (χ4v) is 2.07. The van der Waals surface area contributed by atoms with Gasteiger partial charge in [-0.05, 0) is 19.1 Å². The molecule has 1 aromatic rings. The molecule has 0 aromatic heterocycles. The molecule has 6 nitrogen and oxygen atoms in total. The summed E-state index contributed by atoms with van der Waals surface area (Å²) in [5, 5.41) is 5.37. The molecule has 0 radical (unpaired) electrons. The highest BCUT2D eigenvalue weighted by Crippen LogP contribution is 2.29. The number of primary amides is 1. The summed E-state index contributed by atoms with van der Waals surface area (Å²) >= 11 is 0. The Labute approximate surface area is 105 Å². The maximum absolute atomic E-state index is 11.8. The molecule has 1 aromatic carbocycles. The van der Waals surface area contributed by atoms with Crippen LogP contribution in [0.5, 0.6) is 0 Å². The SMILES string of the molecule is CC(C(=O)NC(N)=O)N1CCNc2ccccc21. The Bertz CT molecular complexity index is 475. The lowest BCUT2D eigenvalue weighted by Crippen LogP contribution is -2.51. The van der Waals surface area contributed by atoms with Crippen LogP contribution in [0.25, 0.3) is 0 Å². The molecule has 1 heterocycles. The highest BCUT2D eigenvalue weighted by Gasteiger charge is 2.26. The number of imide groups is 1. The van der Waals surface area contributed by atoms with E-state index in [9.17, 15) is 9.59 Å². The number of para-hydroxylation sites is 2. The van der Waals surface area contributed by atoms with Gasteiger partial charge in [0.05, 0.1) is 11.4 Å². The summed E-state index contributed by atoms with van der Waals surface area (Å²) in [7, 11) is 0. The molecule has 1 atom stereocenters. The van der Waals surface area contributed by atoms with Crippen LogP contribution in [0, 0.1) is 0 Å². The van der Waals surface area contributed by atoms with Crippen LogP contribution in [-0.2, 0) is 4.79 Å². The number of carbonyl (C=O) groups is 2. The molecule has 0 bridgehead atoms. The van der Waals surface area contributed by atoms with Crippen molar-refractivity contribution >= 4 is 23.3 Å². The average molecular weight is 248 g/mol. The van der Waals surface area contributed by atoms with E-state index in [0.717, 1.165) is 17.9 Å². The molecule has 1 aliphatic rings. The van der Waals surface area contributed by atoms with Crippen molar-refractivity contribution in [3.63, 3.8) is 0 Å². The van der Waals surface area contributed by atoms with Crippen molar-refractivity contribution in [3.05, 3.63) is 24.3 Å². The number of urea groups is 1. The number of benzene rings is 1. The second-order valence-corrected chi connectivity index (χ2v) is 4.17. The smallest absolute Gasteiger partial charge is 0.318 e. The normalized spacial score (nSPS) is 15.3. The van der Waals surface area contributed by atoms with E-state index in [1.165, 1.54) is 0 Å². The van der Waals surface area contributed by atoms with Crippen molar-refractivity contribution in [3.8, 4) is 0 Å². The number of hydrogen-bond donors (Lipinski definition) is 3. The molecule has 96 valence electrons. The number of carbonyl (C=O) groups excluding carboxylic acids is 2. The fraction of sp³-hybridized carbons (Fsp3) is 0.333. The Morgan fingerprint density at radius 3 is 2.89 bits per heavy atom. The first-order valence-electron chi connectivity index (χ1n) is 5.79. The molecule has 3 amide bonds. The van der Waals surface area contributed by atoms with E-state index in [-0.39, 0.29) is 5.91 Å². The van der Waals surface area contributed by atoms with E-state index >= 15 is 0 Å². The lowest BCUT2D eigenvalue weighted by atomic mass is 10.1. The largest absolute Gasteiger partial charge is 0.382 e. The molecule has 0 fully saturated rings. The van der Waals surface area contributed by atoms with Gasteiger partial charge in [-0.15, -0.1) is 0 Å². The van der Waals surface area contributed by atoms with Gasteiger partial charge >= 0.3 is 6.03 Å². The quantitative estimate of drug-likeness (QED) is 0.711. The molecule has 0 spiro atoms.